The van der Waals surface area contributed by atoms with Gasteiger partial charge in [-0.1, -0.05) is 48.5 Å². The molecule has 0 amide bonds. The summed E-state index contributed by atoms with van der Waals surface area (Å²) in [5.74, 6) is 0.640. The van der Waals surface area contributed by atoms with E-state index in [0.717, 1.165) is 22.1 Å². The Labute approximate surface area is 126 Å². The number of aromatic nitrogens is 2. The minimum atomic E-state index is 0.640. The van der Waals surface area contributed by atoms with Gasteiger partial charge in [0.25, 0.3) is 0 Å². The van der Waals surface area contributed by atoms with E-state index >= 15 is 0 Å². The highest BCUT2D eigenvalue weighted by Crippen LogP contribution is 2.29. The van der Waals surface area contributed by atoms with Gasteiger partial charge in [0.2, 0.25) is 0 Å². The minimum Gasteiger partial charge on any atom is -0.423 e. The van der Waals surface area contributed by atoms with E-state index in [1.54, 1.807) is 0 Å². The highest BCUT2D eigenvalue weighted by atomic mass is 16.4. The maximum absolute atomic E-state index is 5.88. The second-order valence-corrected chi connectivity index (χ2v) is 5.37. The summed E-state index contributed by atoms with van der Waals surface area (Å²) in [5.41, 5.74) is 6.30. The Kier molecular flexibility index (Phi) is 2.22. The summed E-state index contributed by atoms with van der Waals surface area (Å²) in [5, 5.41) is 0. The van der Waals surface area contributed by atoms with Crippen LogP contribution in [0, 0.1) is 0 Å². The smallest absolute Gasteiger partial charge is 0.307 e. The van der Waals surface area contributed by atoms with Gasteiger partial charge in [0.1, 0.15) is 0 Å². The Hall–Kier alpha value is -3.07. The molecule has 0 spiro atoms. The van der Waals surface area contributed by atoms with Crippen LogP contribution in [0.5, 0.6) is 0 Å². The first kappa shape index (κ1) is 11.6. The van der Waals surface area contributed by atoms with Gasteiger partial charge >= 0.3 is 5.84 Å². The molecule has 0 saturated carbocycles. The molecule has 0 atom stereocenters. The van der Waals surface area contributed by atoms with E-state index in [2.05, 4.69) is 51.8 Å². The normalized spacial score (nSPS) is 11.6. The summed E-state index contributed by atoms with van der Waals surface area (Å²) >= 11 is 0. The lowest BCUT2D eigenvalue weighted by Crippen LogP contribution is -1.82. The third-order valence-electron chi connectivity index (χ3n) is 4.04. The minimum absolute atomic E-state index is 0.640. The summed E-state index contributed by atoms with van der Waals surface area (Å²) in [7, 11) is 0. The molecule has 2 heterocycles. The summed E-state index contributed by atoms with van der Waals surface area (Å²) in [6.07, 6.45) is 0. The molecule has 0 aliphatic carbocycles. The van der Waals surface area contributed by atoms with E-state index in [1.165, 1.54) is 11.1 Å². The molecule has 0 aliphatic rings. The molecule has 22 heavy (non-hydrogen) atoms. The van der Waals surface area contributed by atoms with Crippen molar-refractivity contribution in [1.29, 1.82) is 0 Å². The fourth-order valence-corrected chi connectivity index (χ4v) is 2.99. The first-order chi connectivity index (χ1) is 10.9. The van der Waals surface area contributed by atoms with Crippen molar-refractivity contribution in [2.24, 2.45) is 0 Å². The van der Waals surface area contributed by atoms with Crippen molar-refractivity contribution >= 4 is 28.0 Å². The third kappa shape index (κ3) is 1.53. The Morgan fingerprint density at radius 2 is 1.55 bits per heavy atom. The molecule has 0 aliphatic heterocycles. The predicted octanol–water partition coefficient (Wildman–Crippen LogP) is 4.90. The molecule has 3 heteroatoms. The molecule has 2 aromatic heterocycles. The summed E-state index contributed by atoms with van der Waals surface area (Å²) in [6, 6.07) is 24.7. The Morgan fingerprint density at radius 3 is 2.45 bits per heavy atom. The van der Waals surface area contributed by atoms with Crippen LogP contribution in [0.3, 0.4) is 0 Å². The first-order valence-electron chi connectivity index (χ1n) is 7.25. The number of hydrogen-bond acceptors (Lipinski definition) is 2. The molecular formula is C19H12N2O. The van der Waals surface area contributed by atoms with Crippen molar-refractivity contribution in [1.82, 2.24) is 9.38 Å². The SMILES string of the molecule is c1ccc(-c2ccc3oc4nc5ccccc5n4c3c2)cc1. The number of para-hydroxylation sites is 2. The van der Waals surface area contributed by atoms with Gasteiger partial charge in [-0.25, -0.2) is 0 Å². The number of oxazole rings is 1. The molecule has 0 N–H and O–H groups in total. The standard InChI is InChI=1S/C19H12N2O/c1-2-6-13(7-3-1)14-10-11-18-17(12-14)21-16-9-5-4-8-15(16)20-19(21)22-18/h1-12H. The van der Waals surface area contributed by atoms with E-state index in [1.807, 2.05) is 30.3 Å². The van der Waals surface area contributed by atoms with E-state index in [4.69, 9.17) is 4.42 Å². The molecule has 5 rings (SSSR count). The van der Waals surface area contributed by atoms with Gasteiger partial charge in [-0.2, -0.15) is 4.98 Å². The Bertz CT molecular complexity index is 1120. The van der Waals surface area contributed by atoms with E-state index in [-0.39, 0.29) is 0 Å². The average Bonchev–Trinajstić information content (AvgIpc) is 3.10. The molecule has 0 fully saturated rings. The maximum Gasteiger partial charge on any atom is 0.307 e. The highest BCUT2D eigenvalue weighted by molar-refractivity contribution is 5.90. The zero-order chi connectivity index (χ0) is 14.5. The average molecular weight is 284 g/mol. The molecule has 0 saturated heterocycles. The largest absolute Gasteiger partial charge is 0.423 e. The summed E-state index contributed by atoms with van der Waals surface area (Å²) < 4.78 is 7.96. The van der Waals surface area contributed by atoms with Crippen LogP contribution < -0.4 is 0 Å². The fourth-order valence-electron chi connectivity index (χ4n) is 2.99. The van der Waals surface area contributed by atoms with Gasteiger partial charge in [-0.3, -0.25) is 4.40 Å². The van der Waals surface area contributed by atoms with Gasteiger partial charge in [-0.05, 0) is 35.4 Å². The van der Waals surface area contributed by atoms with Gasteiger partial charge in [0, 0.05) is 0 Å². The highest BCUT2D eigenvalue weighted by Gasteiger charge is 2.13. The van der Waals surface area contributed by atoms with Crippen molar-refractivity contribution in [2.45, 2.75) is 0 Å². The number of hydrogen-bond donors (Lipinski definition) is 0. The molecule has 104 valence electrons. The fraction of sp³-hybridized carbons (Fsp3) is 0. The van der Waals surface area contributed by atoms with Crippen LogP contribution in [-0.4, -0.2) is 9.38 Å². The van der Waals surface area contributed by atoms with E-state index in [0.29, 0.717) is 5.84 Å². The molecule has 0 radical (unpaired) electrons. The number of imidazole rings is 1. The molecule has 0 bridgehead atoms. The van der Waals surface area contributed by atoms with Crippen LogP contribution in [0.4, 0.5) is 0 Å². The van der Waals surface area contributed by atoms with Crippen LogP contribution in [-0.2, 0) is 0 Å². The summed E-state index contributed by atoms with van der Waals surface area (Å²) in [4.78, 5) is 4.55. The van der Waals surface area contributed by atoms with Gasteiger partial charge in [0.15, 0.2) is 5.58 Å². The van der Waals surface area contributed by atoms with Crippen LogP contribution in [0.25, 0.3) is 39.1 Å². The van der Waals surface area contributed by atoms with Crippen LogP contribution >= 0.6 is 0 Å². The second-order valence-electron chi connectivity index (χ2n) is 5.37. The lowest BCUT2D eigenvalue weighted by Gasteiger charge is -2.01. The topological polar surface area (TPSA) is 30.4 Å². The lowest BCUT2D eigenvalue weighted by atomic mass is 10.1. The molecule has 0 unspecified atom stereocenters. The third-order valence-corrected chi connectivity index (χ3v) is 4.04. The quantitative estimate of drug-likeness (QED) is 0.438. The summed E-state index contributed by atoms with van der Waals surface area (Å²) in [6.45, 7) is 0. The monoisotopic (exact) mass is 284 g/mol. The zero-order valence-electron chi connectivity index (χ0n) is 11.7. The van der Waals surface area contributed by atoms with Crippen LogP contribution in [0.15, 0.2) is 77.2 Å². The van der Waals surface area contributed by atoms with Gasteiger partial charge in [0.05, 0.1) is 16.6 Å². The number of nitrogens with zero attached hydrogens (tertiary/aromatic N) is 2. The second kappa shape index (κ2) is 4.21. The van der Waals surface area contributed by atoms with Crippen molar-refractivity contribution in [2.75, 3.05) is 0 Å². The number of benzene rings is 3. The molecule has 3 nitrogen and oxygen atoms in total. The Balaban J connectivity index is 1.88. The van der Waals surface area contributed by atoms with E-state index < -0.39 is 0 Å². The first-order valence-corrected chi connectivity index (χ1v) is 7.25. The molecule has 5 aromatic rings. The Morgan fingerprint density at radius 1 is 0.727 bits per heavy atom. The van der Waals surface area contributed by atoms with Crippen LogP contribution in [0.2, 0.25) is 0 Å². The van der Waals surface area contributed by atoms with Crippen molar-refractivity contribution in [3.8, 4) is 11.1 Å². The molecule has 3 aromatic carbocycles. The maximum atomic E-state index is 5.88. The number of rotatable bonds is 1. The van der Waals surface area contributed by atoms with Crippen LogP contribution in [0.1, 0.15) is 0 Å². The van der Waals surface area contributed by atoms with Crippen molar-refractivity contribution in [3.05, 3.63) is 72.8 Å². The lowest BCUT2D eigenvalue weighted by molar-refractivity contribution is 0.643. The van der Waals surface area contributed by atoms with Crippen molar-refractivity contribution < 1.29 is 4.42 Å². The zero-order valence-corrected chi connectivity index (χ0v) is 11.7. The van der Waals surface area contributed by atoms with Gasteiger partial charge < -0.3 is 4.42 Å². The van der Waals surface area contributed by atoms with E-state index in [9.17, 15) is 0 Å². The van der Waals surface area contributed by atoms with Crippen molar-refractivity contribution in [3.63, 3.8) is 0 Å². The predicted molar refractivity (Wildman–Crippen MR) is 87.9 cm³/mol. The molecular weight excluding hydrogens is 272 g/mol. The number of fused-ring (bicyclic) bond motifs is 5. The van der Waals surface area contributed by atoms with Gasteiger partial charge in [-0.15, -0.1) is 0 Å².